The van der Waals surface area contributed by atoms with E-state index < -0.39 is 66.9 Å². The molecular weight excluding hydrogens is 1200 g/mol. The summed E-state index contributed by atoms with van der Waals surface area (Å²) in [6.45, 7) is 10.9. The Morgan fingerprint density at radius 2 is 0.804 bits per heavy atom. The third-order valence-corrected chi connectivity index (χ3v) is 16.3. The topological polar surface area (TPSA) is 151 Å². The second kappa shape index (κ2) is 25.0. The number of nitrogens with zero attached hydrogens (tertiary/aromatic N) is 4. The summed E-state index contributed by atoms with van der Waals surface area (Å²) in [5.41, 5.74) is 8.95. The molecule has 0 aliphatic heterocycles. The number of aliphatic carboxylic acids is 1. The molecule has 20 heteroatoms. The Labute approximate surface area is 523 Å². The number of hydrogen-bond donors (Lipinski definition) is 1. The van der Waals surface area contributed by atoms with E-state index in [2.05, 4.69) is 10.1 Å². The smallest absolute Gasteiger partial charge is 0.381 e. The first-order valence-electron chi connectivity index (χ1n) is 29.4. The summed E-state index contributed by atoms with van der Waals surface area (Å²) in [7, 11) is 0. The van der Waals surface area contributed by atoms with E-state index in [1.165, 1.54) is 48.5 Å². The maximum absolute atomic E-state index is 16.0. The van der Waals surface area contributed by atoms with Crippen molar-refractivity contribution < 1.29 is 73.7 Å². The highest BCUT2D eigenvalue weighted by atomic mass is 19.4. The van der Waals surface area contributed by atoms with Gasteiger partial charge >= 0.3 is 35.6 Å². The van der Waals surface area contributed by atoms with Crippen molar-refractivity contribution in [3.05, 3.63) is 223 Å². The number of halogens is 8. The fraction of sp³-hybridized carbons (Fsp3) is 0.250. The van der Waals surface area contributed by atoms with E-state index in [-0.39, 0.29) is 45.2 Å². The van der Waals surface area contributed by atoms with Gasteiger partial charge in [0.05, 0.1) is 5.71 Å². The summed E-state index contributed by atoms with van der Waals surface area (Å²) < 4.78 is 142. The first-order chi connectivity index (χ1) is 43.5. The van der Waals surface area contributed by atoms with E-state index in [9.17, 15) is 24.3 Å². The summed E-state index contributed by atoms with van der Waals surface area (Å²) in [4.78, 5) is 61.7. The number of aryl methyl sites for hydroxylation is 8. The van der Waals surface area contributed by atoms with Crippen LogP contribution in [0.4, 0.5) is 35.1 Å². The van der Waals surface area contributed by atoms with E-state index >= 15 is 35.1 Å². The number of carboxylic acids is 1. The molecule has 1 N–H and O–H groups in total. The lowest BCUT2D eigenvalue weighted by molar-refractivity contribution is -0.371. The van der Waals surface area contributed by atoms with Gasteiger partial charge in [0.15, 0.2) is 24.8 Å². The number of rotatable bonds is 22. The number of aromatic nitrogens is 2. The van der Waals surface area contributed by atoms with Crippen LogP contribution in [0, 0.1) is 41.5 Å². The van der Waals surface area contributed by atoms with Crippen LogP contribution >= 0.6 is 0 Å². The van der Waals surface area contributed by atoms with Crippen molar-refractivity contribution in [1.82, 2.24) is 9.13 Å². The number of carbonyl (C=O) groups excluding carboxylic acids is 3. The molecule has 12 nitrogen and oxygen atoms in total. The molecule has 0 fully saturated rings. The van der Waals surface area contributed by atoms with Crippen LogP contribution in [0.15, 0.2) is 156 Å². The Hall–Kier alpha value is -9.98. The van der Waals surface area contributed by atoms with Gasteiger partial charge in [-0.1, -0.05) is 76.9 Å². The molecule has 0 atom stereocenters. The second-order valence-corrected chi connectivity index (χ2v) is 22.8. The van der Waals surface area contributed by atoms with E-state index in [0.29, 0.717) is 67.9 Å². The van der Waals surface area contributed by atoms with E-state index in [0.717, 1.165) is 63.5 Å². The van der Waals surface area contributed by atoms with Crippen LogP contribution < -0.4 is 9.47 Å². The molecular formula is C72H62F8N4O8. The summed E-state index contributed by atoms with van der Waals surface area (Å²) in [5, 5.41) is 16.1. The highest BCUT2D eigenvalue weighted by Gasteiger charge is 2.81. The molecule has 0 saturated carbocycles. The maximum Gasteiger partial charge on any atom is 0.381 e. The zero-order chi connectivity index (χ0) is 66.5. The van der Waals surface area contributed by atoms with Crippen molar-refractivity contribution in [2.75, 3.05) is 19.8 Å². The number of ketones is 2. The monoisotopic (exact) mass is 1260 g/mol. The number of fused-ring (bicyclic) bond motifs is 6. The maximum atomic E-state index is 16.0. The Balaban J connectivity index is 0.925. The minimum absolute atomic E-state index is 0.144. The number of benzene rings is 8. The van der Waals surface area contributed by atoms with Crippen LogP contribution in [0.2, 0.25) is 0 Å². The molecule has 10 aromatic rings. The summed E-state index contributed by atoms with van der Waals surface area (Å²) in [6.07, 6.45) is 0. The molecule has 0 radical (unpaired) electrons. The van der Waals surface area contributed by atoms with E-state index in [1.807, 2.05) is 88.8 Å². The zero-order valence-corrected chi connectivity index (χ0v) is 51.5. The molecule has 0 spiro atoms. The third-order valence-electron chi connectivity index (χ3n) is 16.3. The lowest BCUT2D eigenvalue weighted by atomic mass is 9.92. The van der Waals surface area contributed by atoms with Crippen molar-refractivity contribution in [2.24, 2.45) is 10.1 Å². The van der Waals surface area contributed by atoms with Crippen molar-refractivity contribution >= 4 is 78.5 Å². The Morgan fingerprint density at radius 1 is 0.467 bits per heavy atom. The van der Waals surface area contributed by atoms with Crippen LogP contribution in [-0.2, 0) is 27.5 Å². The van der Waals surface area contributed by atoms with Crippen LogP contribution in [-0.4, -0.2) is 92.6 Å². The van der Waals surface area contributed by atoms with Gasteiger partial charge < -0.3 is 28.6 Å². The average molecular weight is 1260 g/mol. The van der Waals surface area contributed by atoms with Gasteiger partial charge in [-0.25, -0.2) is 4.79 Å². The lowest BCUT2D eigenvalue weighted by Gasteiger charge is -2.36. The molecule has 0 aliphatic carbocycles. The number of carboxylic acid groups (broad SMARTS) is 1. The van der Waals surface area contributed by atoms with Crippen molar-refractivity contribution in [1.29, 1.82) is 0 Å². The largest absolute Gasteiger partial charge is 0.486 e. The van der Waals surface area contributed by atoms with Crippen molar-refractivity contribution in [2.45, 2.75) is 99.1 Å². The molecule has 0 aliphatic rings. The quantitative estimate of drug-likeness (QED) is 0.0232. The SMILES string of the molecule is CCn1c2ccc(C(=O)c3c(C)cc(C)cc3C)cc2c2cc(C(=NCC(=O)O)c3ccccc3OCC(F)(F)C(F)(F)C(F)(F)C(F)(F)COc3ccccc3C(=NOC(C)=O)c3ccc4c(c3)c3cc(C(=O)c5c(C)cc(C)cc5C)ccc3n4CC)ccc21. The molecule has 0 unspecified atom stereocenters. The van der Waals surface area contributed by atoms with Gasteiger partial charge in [-0.2, -0.15) is 35.1 Å². The minimum atomic E-state index is -6.85. The summed E-state index contributed by atoms with van der Waals surface area (Å²) in [5.74, 6) is -30.0. The number of ether oxygens (including phenoxy) is 2. The first kappa shape index (κ1) is 65.0. The molecule has 2 aromatic heterocycles. The molecule has 10 rings (SSSR count). The van der Waals surface area contributed by atoms with Gasteiger partial charge in [-0.3, -0.25) is 19.4 Å². The fourth-order valence-electron chi connectivity index (χ4n) is 12.2. The summed E-state index contributed by atoms with van der Waals surface area (Å²) in [6, 6.07) is 37.4. The zero-order valence-electron chi connectivity index (χ0n) is 51.5. The Morgan fingerprint density at radius 3 is 1.16 bits per heavy atom. The molecule has 474 valence electrons. The van der Waals surface area contributed by atoms with E-state index in [1.54, 1.807) is 60.7 Å². The molecule has 0 saturated heterocycles. The molecule has 0 amide bonds. The second-order valence-electron chi connectivity index (χ2n) is 22.8. The number of carbonyl (C=O) groups is 4. The average Bonchev–Trinajstić information content (AvgIpc) is 1.10. The van der Waals surface area contributed by atoms with Gasteiger partial charge in [0.25, 0.3) is 0 Å². The fourth-order valence-corrected chi connectivity index (χ4v) is 12.2. The van der Waals surface area contributed by atoms with Gasteiger partial charge in [0.1, 0.15) is 23.8 Å². The first-order valence-corrected chi connectivity index (χ1v) is 29.4. The predicted molar refractivity (Wildman–Crippen MR) is 338 cm³/mol. The van der Waals surface area contributed by atoms with E-state index in [4.69, 9.17) is 14.3 Å². The predicted octanol–water partition coefficient (Wildman–Crippen LogP) is 16.5. The number of aliphatic imine (C=N–C) groups is 1. The van der Waals surface area contributed by atoms with Crippen LogP contribution in [0.1, 0.15) is 108 Å². The highest BCUT2D eigenvalue weighted by molar-refractivity contribution is 6.21. The number of para-hydroxylation sites is 2. The number of alkyl halides is 8. The molecule has 92 heavy (non-hydrogen) atoms. The highest BCUT2D eigenvalue weighted by Crippen LogP contribution is 2.53. The number of hydrogen-bond acceptors (Lipinski definition) is 9. The Bertz CT molecular complexity index is 4370. The van der Waals surface area contributed by atoms with Crippen molar-refractivity contribution in [3.8, 4) is 11.5 Å². The molecule has 2 heterocycles. The normalized spacial score (nSPS) is 12.8. The van der Waals surface area contributed by atoms with Crippen LogP contribution in [0.3, 0.4) is 0 Å². The molecule has 8 aromatic carbocycles. The van der Waals surface area contributed by atoms with Crippen LogP contribution in [0.5, 0.6) is 11.5 Å². The standard InChI is InChI=1S/C72H62F8N4O8/c1-10-83-56-24-20-46(32-52(56)54-34-48(22-26-58(54)83)67(88)63-41(5)28-39(3)29-42(63)6)65(81-36-62(86)87)50-16-12-14-18-60(50)90-37-69(73,74)71(77,78)72(79,80)70(75,76)38-91-61-19-15-13-17-51(61)66(82-92-45(9)85)47-21-25-57-53(33-47)55-35-49(23-27-59(55)84(57)11-2)68(89)64-43(7)30-40(4)31-44(64)8/h12-35H,10-11,36-38H2,1-9H3,(H,86,87). The van der Waals surface area contributed by atoms with Gasteiger partial charge in [0, 0.05) is 108 Å². The van der Waals surface area contributed by atoms with Gasteiger partial charge in [-0.05, 0) is 163 Å². The van der Waals surface area contributed by atoms with Gasteiger partial charge in [-0.15, -0.1) is 0 Å². The van der Waals surface area contributed by atoms with Crippen molar-refractivity contribution in [3.63, 3.8) is 0 Å². The van der Waals surface area contributed by atoms with Gasteiger partial charge in [0.2, 0.25) is 0 Å². The third kappa shape index (κ3) is 11.9. The minimum Gasteiger partial charge on any atom is -0.486 e. The Kier molecular flexibility index (Phi) is 17.7. The lowest BCUT2D eigenvalue weighted by Crippen LogP contribution is -2.65. The number of oxime groups is 1. The molecule has 0 bridgehead atoms. The van der Waals surface area contributed by atoms with Crippen LogP contribution in [0.25, 0.3) is 43.6 Å². The summed E-state index contributed by atoms with van der Waals surface area (Å²) >= 11 is 0.